The van der Waals surface area contributed by atoms with E-state index in [9.17, 15) is 14.7 Å². The second-order valence-corrected chi connectivity index (χ2v) is 4.07. The first kappa shape index (κ1) is 9.96. The average Bonchev–Trinajstić information content (AvgIpc) is 2.40. The van der Waals surface area contributed by atoms with Crippen molar-refractivity contribution in [1.29, 1.82) is 0 Å². The summed E-state index contributed by atoms with van der Waals surface area (Å²) in [4.78, 5) is 23.0. The number of Topliss-reactive ketones (excluding diaryl/α,β-unsaturated/α-hetero) is 2. The molecular weight excluding hydrogens is 196 g/mol. The van der Waals surface area contributed by atoms with Gasteiger partial charge in [-0.1, -0.05) is 6.92 Å². The second kappa shape index (κ2) is 3.22. The molecule has 4 nitrogen and oxygen atoms in total. The van der Waals surface area contributed by atoms with Gasteiger partial charge in [0.25, 0.3) is 5.95 Å². The Labute approximate surface area is 86.9 Å². The van der Waals surface area contributed by atoms with Gasteiger partial charge in [0.2, 0.25) is 0 Å². The van der Waals surface area contributed by atoms with Gasteiger partial charge < -0.3 is 9.52 Å². The van der Waals surface area contributed by atoms with E-state index in [1.165, 1.54) is 6.92 Å². The van der Waals surface area contributed by atoms with Crippen LogP contribution in [0.5, 0.6) is 5.95 Å². The van der Waals surface area contributed by atoms with Gasteiger partial charge in [-0.25, -0.2) is 0 Å². The normalized spacial score (nSPS) is 20.1. The van der Waals surface area contributed by atoms with E-state index >= 15 is 0 Å². The Morgan fingerprint density at radius 3 is 2.73 bits per heavy atom. The lowest BCUT2D eigenvalue weighted by atomic mass is 9.86. The van der Waals surface area contributed by atoms with Gasteiger partial charge in [-0.2, -0.15) is 0 Å². The number of hydrogen-bond donors (Lipinski definition) is 1. The smallest absolute Gasteiger partial charge is 0.294 e. The van der Waals surface area contributed by atoms with Crippen LogP contribution in [0.3, 0.4) is 0 Å². The predicted molar refractivity (Wildman–Crippen MR) is 52.2 cm³/mol. The third kappa shape index (κ3) is 1.46. The van der Waals surface area contributed by atoms with Gasteiger partial charge in [-0.15, -0.1) is 0 Å². The first-order chi connectivity index (χ1) is 7.00. The number of carbonyl (C=O) groups is 2. The van der Waals surface area contributed by atoms with E-state index < -0.39 is 5.95 Å². The van der Waals surface area contributed by atoms with Crippen LogP contribution in [-0.4, -0.2) is 16.7 Å². The fourth-order valence-corrected chi connectivity index (χ4v) is 2.04. The Balaban J connectivity index is 2.61. The summed E-state index contributed by atoms with van der Waals surface area (Å²) in [6, 6.07) is 0. The lowest BCUT2D eigenvalue weighted by molar-refractivity contribution is 0.0935. The molecule has 4 heteroatoms. The zero-order valence-corrected chi connectivity index (χ0v) is 8.66. The Morgan fingerprint density at radius 2 is 2.13 bits per heavy atom. The highest BCUT2D eigenvalue weighted by Gasteiger charge is 2.33. The highest BCUT2D eigenvalue weighted by atomic mass is 16.5. The van der Waals surface area contributed by atoms with Crippen molar-refractivity contribution in [3.05, 3.63) is 16.9 Å². The molecule has 0 aliphatic heterocycles. The topological polar surface area (TPSA) is 67.5 Å². The van der Waals surface area contributed by atoms with E-state index in [0.29, 0.717) is 18.6 Å². The van der Waals surface area contributed by atoms with Crippen molar-refractivity contribution in [2.45, 2.75) is 26.7 Å². The number of carbonyl (C=O) groups excluding carboxylic acids is 2. The van der Waals surface area contributed by atoms with Crippen LogP contribution in [0.25, 0.3) is 0 Å². The molecule has 0 saturated carbocycles. The number of furan rings is 1. The molecule has 80 valence electrons. The fourth-order valence-electron chi connectivity index (χ4n) is 2.04. The van der Waals surface area contributed by atoms with Crippen LogP contribution >= 0.6 is 0 Å². The Kier molecular flexibility index (Phi) is 2.14. The number of fused-ring (bicyclic) bond motifs is 1. The van der Waals surface area contributed by atoms with E-state index in [0.717, 1.165) is 0 Å². The van der Waals surface area contributed by atoms with Crippen molar-refractivity contribution in [2.75, 3.05) is 0 Å². The molecule has 0 unspecified atom stereocenters. The minimum absolute atomic E-state index is 0.0434. The quantitative estimate of drug-likeness (QED) is 0.716. The van der Waals surface area contributed by atoms with Crippen molar-refractivity contribution in [1.82, 2.24) is 0 Å². The summed E-state index contributed by atoms with van der Waals surface area (Å²) in [5.74, 6) is -0.217. The summed E-state index contributed by atoms with van der Waals surface area (Å²) in [6.45, 7) is 3.25. The lowest BCUT2D eigenvalue weighted by Crippen LogP contribution is -2.18. The summed E-state index contributed by atoms with van der Waals surface area (Å²) in [5, 5.41) is 9.44. The molecule has 0 aromatic carbocycles. The standard InChI is InChI=1S/C11H12O4/c1-5-3-7(13)10-8(4-5)15-11(14)9(10)6(2)12/h5,14H,3-4H2,1-2H3/t5-/m1/s1. The van der Waals surface area contributed by atoms with Gasteiger partial charge >= 0.3 is 0 Å². The van der Waals surface area contributed by atoms with E-state index in [1.54, 1.807) is 0 Å². The van der Waals surface area contributed by atoms with Crippen molar-refractivity contribution >= 4 is 11.6 Å². The molecule has 1 N–H and O–H groups in total. The highest BCUT2D eigenvalue weighted by molar-refractivity contribution is 6.10. The van der Waals surface area contributed by atoms with Crippen LogP contribution in [0.1, 0.15) is 46.7 Å². The van der Waals surface area contributed by atoms with Gasteiger partial charge in [0.15, 0.2) is 11.6 Å². The average molecular weight is 208 g/mol. The van der Waals surface area contributed by atoms with Crippen molar-refractivity contribution in [2.24, 2.45) is 5.92 Å². The van der Waals surface area contributed by atoms with Crippen molar-refractivity contribution in [3.63, 3.8) is 0 Å². The Bertz CT molecular complexity index is 442. The SMILES string of the molecule is CC(=O)c1c(O)oc2c1C(=O)C[C@@H](C)C2. The molecule has 0 amide bonds. The van der Waals surface area contributed by atoms with E-state index in [4.69, 9.17) is 4.42 Å². The number of rotatable bonds is 1. The van der Waals surface area contributed by atoms with Gasteiger partial charge in [-0.05, 0) is 12.8 Å². The monoisotopic (exact) mass is 208 g/mol. The van der Waals surface area contributed by atoms with Crippen LogP contribution in [-0.2, 0) is 6.42 Å². The second-order valence-electron chi connectivity index (χ2n) is 4.07. The number of hydrogen-bond acceptors (Lipinski definition) is 4. The molecule has 0 spiro atoms. The first-order valence-corrected chi connectivity index (χ1v) is 4.89. The van der Waals surface area contributed by atoms with E-state index in [1.807, 2.05) is 6.92 Å². The van der Waals surface area contributed by atoms with Gasteiger partial charge in [0.1, 0.15) is 11.3 Å². The van der Waals surface area contributed by atoms with Crippen LogP contribution < -0.4 is 0 Å². The maximum Gasteiger partial charge on any atom is 0.294 e. The number of ketones is 2. The largest absolute Gasteiger partial charge is 0.480 e. The van der Waals surface area contributed by atoms with Crippen LogP contribution in [0.15, 0.2) is 4.42 Å². The zero-order valence-electron chi connectivity index (χ0n) is 8.66. The summed E-state index contributed by atoms with van der Waals surface area (Å²) in [6.07, 6.45) is 1.01. The molecule has 1 aliphatic carbocycles. The predicted octanol–water partition coefficient (Wildman–Crippen LogP) is 1.95. The maximum atomic E-state index is 11.7. The van der Waals surface area contributed by atoms with Crippen LogP contribution in [0.2, 0.25) is 0 Å². The minimum Gasteiger partial charge on any atom is -0.480 e. The molecule has 1 aromatic rings. The summed E-state index contributed by atoms with van der Waals surface area (Å²) in [7, 11) is 0. The Hall–Kier alpha value is -1.58. The lowest BCUT2D eigenvalue weighted by Gasteiger charge is -2.15. The van der Waals surface area contributed by atoms with E-state index in [2.05, 4.69) is 0 Å². The minimum atomic E-state index is -0.421. The summed E-state index contributed by atoms with van der Waals surface area (Å²) in [5.41, 5.74) is 0.333. The number of aromatic hydroxyl groups is 1. The van der Waals surface area contributed by atoms with Gasteiger partial charge in [0, 0.05) is 12.8 Å². The molecule has 1 heterocycles. The van der Waals surface area contributed by atoms with Crippen LogP contribution in [0.4, 0.5) is 0 Å². The Morgan fingerprint density at radius 1 is 1.47 bits per heavy atom. The molecular formula is C11H12O4. The molecule has 1 aliphatic rings. The van der Waals surface area contributed by atoms with Gasteiger partial charge in [0.05, 0.1) is 5.56 Å². The molecule has 1 atom stereocenters. The summed E-state index contributed by atoms with van der Waals surface area (Å²) >= 11 is 0. The molecule has 0 saturated heterocycles. The van der Waals surface area contributed by atoms with Crippen molar-refractivity contribution in [3.8, 4) is 5.95 Å². The molecule has 0 radical (unpaired) electrons. The molecule has 2 rings (SSSR count). The molecule has 0 fully saturated rings. The molecule has 1 aromatic heterocycles. The van der Waals surface area contributed by atoms with E-state index in [-0.39, 0.29) is 28.6 Å². The molecule has 15 heavy (non-hydrogen) atoms. The zero-order chi connectivity index (χ0) is 11.2. The van der Waals surface area contributed by atoms with Crippen LogP contribution in [0, 0.1) is 5.92 Å². The third-order valence-corrected chi connectivity index (χ3v) is 2.66. The van der Waals surface area contributed by atoms with Crippen molar-refractivity contribution < 1.29 is 19.1 Å². The maximum absolute atomic E-state index is 11.7. The third-order valence-electron chi connectivity index (χ3n) is 2.66. The first-order valence-electron chi connectivity index (χ1n) is 4.89. The fraction of sp³-hybridized carbons (Fsp3) is 0.455. The molecule has 0 bridgehead atoms. The van der Waals surface area contributed by atoms with Gasteiger partial charge in [-0.3, -0.25) is 9.59 Å². The summed E-state index contributed by atoms with van der Waals surface area (Å²) < 4.78 is 5.05. The highest BCUT2D eigenvalue weighted by Crippen LogP contribution is 2.35.